The number of ether oxygens (including phenoxy) is 1. The summed E-state index contributed by atoms with van der Waals surface area (Å²) < 4.78 is 9.16. The van der Waals surface area contributed by atoms with Gasteiger partial charge < -0.3 is 9.64 Å². The van der Waals surface area contributed by atoms with Crippen LogP contribution in [0.3, 0.4) is 0 Å². The Morgan fingerprint density at radius 3 is 2.29 bits per heavy atom. The molecule has 45 heavy (non-hydrogen) atoms. The van der Waals surface area contributed by atoms with Gasteiger partial charge in [-0.15, -0.1) is 0 Å². The molecule has 6 rings (SSSR count). The summed E-state index contributed by atoms with van der Waals surface area (Å²) >= 11 is 0. The average Bonchev–Trinajstić information content (AvgIpc) is 3.32. The first kappa shape index (κ1) is 30.9. The third kappa shape index (κ3) is 5.52. The Labute approximate surface area is 271 Å². The van der Waals surface area contributed by atoms with Crippen LogP contribution in [-0.4, -0.2) is 24.4 Å². The van der Waals surface area contributed by atoms with E-state index in [1.807, 2.05) is 0 Å². The van der Waals surface area contributed by atoms with E-state index in [0.29, 0.717) is 0 Å². The minimum absolute atomic E-state index is 0.0752. The lowest BCUT2D eigenvalue weighted by Gasteiger charge is -2.25. The topological polar surface area (TPSA) is 15.5 Å². The van der Waals surface area contributed by atoms with E-state index in [2.05, 4.69) is 157 Å². The highest BCUT2D eigenvalue weighted by molar-refractivity contribution is 6.03. The molecule has 0 unspecified atom stereocenters. The van der Waals surface area contributed by atoms with Gasteiger partial charge in [-0.25, -0.2) is 0 Å². The molecule has 3 nitrogen and oxygen atoms in total. The average molecular weight is 598 g/mol. The molecule has 0 saturated carbocycles. The minimum atomic E-state index is -0.0753. The van der Waals surface area contributed by atoms with Gasteiger partial charge in [-0.3, -0.25) is 0 Å². The smallest absolute Gasteiger partial charge is 0.209 e. The predicted molar refractivity (Wildman–Crippen MR) is 190 cm³/mol. The highest BCUT2D eigenvalue weighted by atomic mass is 16.5. The molecule has 232 valence electrons. The minimum Gasteiger partial charge on any atom is -0.457 e. The van der Waals surface area contributed by atoms with Crippen LogP contribution in [0.25, 0.3) is 0 Å². The third-order valence-electron chi connectivity index (χ3n) is 10.3. The number of likely N-dealkylation sites (N-methyl/N-ethyl adjacent to an activating group) is 1. The summed E-state index contributed by atoms with van der Waals surface area (Å²) in [6.07, 6.45) is 13.5. The van der Waals surface area contributed by atoms with Crippen LogP contribution in [0.1, 0.15) is 81.7 Å². The molecule has 1 aliphatic carbocycles. The van der Waals surface area contributed by atoms with Crippen molar-refractivity contribution in [2.45, 2.75) is 85.0 Å². The fourth-order valence-electron chi connectivity index (χ4n) is 7.49. The third-order valence-corrected chi connectivity index (χ3v) is 10.3. The van der Waals surface area contributed by atoms with Crippen LogP contribution in [0.15, 0.2) is 108 Å². The second kappa shape index (κ2) is 11.7. The number of hydrogen-bond donors (Lipinski definition) is 0. The van der Waals surface area contributed by atoms with Gasteiger partial charge in [-0.2, -0.15) is 4.58 Å². The van der Waals surface area contributed by atoms with Crippen LogP contribution in [0.4, 0.5) is 11.4 Å². The van der Waals surface area contributed by atoms with Crippen molar-refractivity contribution in [2.24, 2.45) is 0 Å². The van der Waals surface area contributed by atoms with E-state index in [1.165, 1.54) is 61.7 Å². The summed E-state index contributed by atoms with van der Waals surface area (Å²) in [5, 5.41) is 0. The monoisotopic (exact) mass is 597 g/mol. The van der Waals surface area contributed by atoms with Crippen LogP contribution >= 0.6 is 0 Å². The molecule has 2 heterocycles. The molecule has 0 aromatic heterocycles. The Bertz CT molecular complexity index is 1810. The Balaban J connectivity index is 1.41. The van der Waals surface area contributed by atoms with Gasteiger partial charge in [-0.1, -0.05) is 68.3 Å². The van der Waals surface area contributed by atoms with Crippen LogP contribution in [0, 0.1) is 13.8 Å². The van der Waals surface area contributed by atoms with Gasteiger partial charge >= 0.3 is 0 Å². The number of allylic oxidation sites excluding steroid dienone is 7. The molecule has 3 heteroatoms. The number of fused-ring (bicyclic) bond motifs is 2. The van der Waals surface area contributed by atoms with Crippen LogP contribution < -0.4 is 9.64 Å². The molecule has 0 atom stereocenters. The fourth-order valence-corrected chi connectivity index (χ4v) is 7.49. The van der Waals surface area contributed by atoms with Gasteiger partial charge in [0.15, 0.2) is 5.71 Å². The van der Waals surface area contributed by atoms with Crippen molar-refractivity contribution in [1.82, 2.24) is 0 Å². The molecular formula is C42H49N2O+. The van der Waals surface area contributed by atoms with E-state index in [4.69, 9.17) is 4.74 Å². The van der Waals surface area contributed by atoms with E-state index in [0.717, 1.165) is 37.2 Å². The van der Waals surface area contributed by atoms with Crippen LogP contribution in [-0.2, 0) is 17.3 Å². The number of rotatable bonds is 6. The van der Waals surface area contributed by atoms with E-state index < -0.39 is 0 Å². The number of benzene rings is 3. The highest BCUT2D eigenvalue weighted by Crippen LogP contribution is 2.47. The van der Waals surface area contributed by atoms with Crippen molar-refractivity contribution in [3.63, 3.8) is 0 Å². The second-order valence-electron chi connectivity index (χ2n) is 14.2. The maximum atomic E-state index is 6.79. The fraction of sp³-hybridized carbons (Fsp3) is 0.357. The lowest BCUT2D eigenvalue weighted by molar-refractivity contribution is -0.401. The van der Waals surface area contributed by atoms with Crippen molar-refractivity contribution < 1.29 is 9.31 Å². The largest absolute Gasteiger partial charge is 0.457 e. The standard InChI is InChI=1S/C42H49N2O/c1-10-30-17-23-37-35(27-30)42(6,7)39(44(37)9)25-19-32-13-11-12-31(40(32)45-33-20-14-28(2)15-21-33)18-24-38-41(4,5)34-26-29(3)16-22-36(34)43(38)8/h14-27H,10-13H2,1-9H3/q+1. The lowest BCUT2D eigenvalue weighted by atomic mass is 9.80. The SMILES string of the molecule is CCc1ccc2c(c1)C(C)(C)C(C=CC1=C(Oc3ccc(C)cc3)C(=CC=C3N(C)c4ccc(C)cc4C3(C)C)CCC1)=[N+]2C. The Morgan fingerprint density at radius 1 is 0.822 bits per heavy atom. The summed E-state index contributed by atoms with van der Waals surface area (Å²) in [7, 11) is 4.40. The van der Waals surface area contributed by atoms with Gasteiger partial charge in [-0.05, 0) is 112 Å². The molecule has 0 saturated heterocycles. The molecule has 0 bridgehead atoms. The van der Waals surface area contributed by atoms with E-state index in [9.17, 15) is 0 Å². The molecule has 3 aromatic carbocycles. The molecular weight excluding hydrogens is 548 g/mol. The van der Waals surface area contributed by atoms with Gasteiger partial charge in [0.2, 0.25) is 5.69 Å². The molecule has 0 amide bonds. The van der Waals surface area contributed by atoms with E-state index in [1.54, 1.807) is 0 Å². The summed E-state index contributed by atoms with van der Waals surface area (Å²) in [4.78, 5) is 2.36. The summed E-state index contributed by atoms with van der Waals surface area (Å²) in [6.45, 7) is 15.9. The molecule has 2 aliphatic heterocycles. The number of hydrogen-bond acceptors (Lipinski definition) is 2. The maximum absolute atomic E-state index is 6.79. The van der Waals surface area contributed by atoms with E-state index in [-0.39, 0.29) is 10.8 Å². The van der Waals surface area contributed by atoms with Gasteiger partial charge in [0.05, 0.1) is 5.41 Å². The second-order valence-corrected chi connectivity index (χ2v) is 14.2. The molecule has 3 aliphatic rings. The zero-order chi connectivity index (χ0) is 32.1. The first-order valence-corrected chi connectivity index (χ1v) is 16.6. The van der Waals surface area contributed by atoms with Crippen LogP contribution in [0.5, 0.6) is 5.75 Å². The number of anilines is 1. The molecule has 0 fully saturated rings. The maximum Gasteiger partial charge on any atom is 0.209 e. The van der Waals surface area contributed by atoms with Crippen LogP contribution in [0.2, 0.25) is 0 Å². The first-order valence-electron chi connectivity index (χ1n) is 16.6. The normalized spacial score (nSPS) is 20.5. The van der Waals surface area contributed by atoms with Crippen molar-refractivity contribution in [2.75, 3.05) is 19.0 Å². The quantitative estimate of drug-likeness (QED) is 0.263. The molecule has 0 radical (unpaired) electrons. The Kier molecular flexibility index (Phi) is 8.01. The Morgan fingerprint density at radius 2 is 1.56 bits per heavy atom. The number of aryl methyl sites for hydroxylation is 3. The molecule has 3 aromatic rings. The molecule has 0 N–H and O–H groups in total. The van der Waals surface area contributed by atoms with Crippen molar-refractivity contribution in [1.29, 1.82) is 0 Å². The number of nitrogens with zero attached hydrogens (tertiary/aromatic N) is 2. The first-order chi connectivity index (χ1) is 21.4. The lowest BCUT2D eigenvalue weighted by Crippen LogP contribution is -2.26. The van der Waals surface area contributed by atoms with E-state index >= 15 is 0 Å². The zero-order valence-electron chi connectivity index (χ0n) is 28.7. The highest BCUT2D eigenvalue weighted by Gasteiger charge is 2.43. The summed E-state index contributed by atoms with van der Waals surface area (Å²) in [5.41, 5.74) is 14.3. The van der Waals surface area contributed by atoms with Gasteiger partial charge in [0, 0.05) is 41.6 Å². The van der Waals surface area contributed by atoms with Gasteiger partial charge in [0.1, 0.15) is 18.6 Å². The van der Waals surface area contributed by atoms with Crippen molar-refractivity contribution in [3.8, 4) is 5.75 Å². The Hall–Kier alpha value is -4.11. The summed E-state index contributed by atoms with van der Waals surface area (Å²) in [5.74, 6) is 1.88. The summed E-state index contributed by atoms with van der Waals surface area (Å²) in [6, 6.07) is 22.2. The predicted octanol–water partition coefficient (Wildman–Crippen LogP) is 10.2. The molecule has 0 spiro atoms. The van der Waals surface area contributed by atoms with Crippen molar-refractivity contribution >= 4 is 17.1 Å². The van der Waals surface area contributed by atoms with Gasteiger partial charge in [0.25, 0.3) is 0 Å². The zero-order valence-corrected chi connectivity index (χ0v) is 28.7. The van der Waals surface area contributed by atoms with Crippen molar-refractivity contribution in [3.05, 3.63) is 135 Å².